The maximum Gasteiger partial charge on any atom is 0.192 e. The van der Waals surface area contributed by atoms with Crippen LogP contribution < -0.4 is 5.32 Å². The first-order valence-corrected chi connectivity index (χ1v) is 12.2. The van der Waals surface area contributed by atoms with Gasteiger partial charge in [0.2, 0.25) is 0 Å². The van der Waals surface area contributed by atoms with E-state index in [4.69, 9.17) is 4.43 Å². The van der Waals surface area contributed by atoms with Gasteiger partial charge >= 0.3 is 0 Å². The normalized spacial score (nSPS) is 21.2. The zero-order chi connectivity index (χ0) is 18.0. The largest absolute Gasteiger partial charge is 0.413 e. The predicted molar refractivity (Wildman–Crippen MR) is 106 cm³/mol. The summed E-state index contributed by atoms with van der Waals surface area (Å²) in [5.41, 5.74) is 2.69. The zero-order valence-electron chi connectivity index (χ0n) is 16.6. The van der Waals surface area contributed by atoms with Crippen LogP contribution in [0.1, 0.15) is 44.4 Å². The lowest BCUT2D eigenvalue weighted by atomic mass is 10.0. The number of aryl methyl sites for hydroxylation is 1. The van der Waals surface area contributed by atoms with Gasteiger partial charge in [-0.2, -0.15) is 0 Å². The van der Waals surface area contributed by atoms with Gasteiger partial charge in [-0.05, 0) is 44.1 Å². The van der Waals surface area contributed by atoms with E-state index in [1.54, 1.807) is 0 Å². The number of rotatable bonds is 6. The summed E-state index contributed by atoms with van der Waals surface area (Å²) in [6, 6.07) is 9.28. The van der Waals surface area contributed by atoms with Gasteiger partial charge in [0.25, 0.3) is 0 Å². The number of nitrogens with zero attached hydrogens (tertiary/aromatic N) is 1. The SMILES string of the molecule is CN[C@H](CN1CC[C@H](O[Si](C)(C)C(C)(C)C)C1)c1ccc(C)cc1. The van der Waals surface area contributed by atoms with Gasteiger partial charge in [0.1, 0.15) is 0 Å². The van der Waals surface area contributed by atoms with Crippen molar-refractivity contribution in [3.63, 3.8) is 0 Å². The first-order valence-electron chi connectivity index (χ1n) is 9.26. The maximum atomic E-state index is 6.61. The standard InChI is InChI=1S/C20H36N2OSi/c1-16-8-10-17(11-9-16)19(21-5)15-22-13-12-18(14-22)23-24(6,7)20(2,3)4/h8-11,18-19,21H,12-15H2,1-7H3/t18-,19+/m0/s1. The molecule has 0 saturated carbocycles. The molecule has 2 atom stereocenters. The molecular weight excluding hydrogens is 312 g/mol. The molecule has 1 heterocycles. The van der Waals surface area contributed by atoms with Crippen LogP contribution in [0.5, 0.6) is 0 Å². The van der Waals surface area contributed by atoms with Gasteiger partial charge in [0, 0.05) is 25.7 Å². The summed E-state index contributed by atoms with van der Waals surface area (Å²) in [7, 11) is 0.399. The van der Waals surface area contributed by atoms with Crippen LogP contribution in [-0.2, 0) is 4.43 Å². The van der Waals surface area contributed by atoms with Gasteiger partial charge in [-0.1, -0.05) is 50.6 Å². The summed E-state index contributed by atoms with van der Waals surface area (Å²) >= 11 is 0. The topological polar surface area (TPSA) is 24.5 Å². The average Bonchev–Trinajstić information content (AvgIpc) is 2.91. The molecule has 1 saturated heterocycles. The van der Waals surface area contributed by atoms with Gasteiger partial charge < -0.3 is 9.74 Å². The van der Waals surface area contributed by atoms with Crippen molar-refractivity contribution in [1.82, 2.24) is 10.2 Å². The number of benzene rings is 1. The summed E-state index contributed by atoms with van der Waals surface area (Å²) in [5, 5.41) is 3.77. The summed E-state index contributed by atoms with van der Waals surface area (Å²) < 4.78 is 6.61. The van der Waals surface area contributed by atoms with Crippen LogP contribution in [0.25, 0.3) is 0 Å². The third-order valence-corrected chi connectivity index (χ3v) is 10.3. The van der Waals surface area contributed by atoms with Crippen molar-refractivity contribution in [3.8, 4) is 0 Å². The Kier molecular flexibility index (Phi) is 6.29. The third-order valence-electron chi connectivity index (χ3n) is 5.77. The van der Waals surface area contributed by atoms with Gasteiger partial charge in [-0.25, -0.2) is 0 Å². The van der Waals surface area contributed by atoms with E-state index in [1.165, 1.54) is 11.1 Å². The highest BCUT2D eigenvalue weighted by atomic mass is 28.4. The smallest absolute Gasteiger partial charge is 0.192 e. The number of hydrogen-bond donors (Lipinski definition) is 1. The van der Waals surface area contributed by atoms with E-state index in [0.29, 0.717) is 12.1 Å². The quantitative estimate of drug-likeness (QED) is 0.774. The van der Waals surface area contributed by atoms with Crippen LogP contribution in [-0.4, -0.2) is 46.0 Å². The minimum Gasteiger partial charge on any atom is -0.413 e. The molecule has 0 aliphatic carbocycles. The van der Waals surface area contributed by atoms with Crippen LogP contribution in [0.4, 0.5) is 0 Å². The molecule has 1 aromatic rings. The van der Waals surface area contributed by atoms with Gasteiger partial charge in [0.05, 0.1) is 6.10 Å². The minimum absolute atomic E-state index is 0.288. The highest BCUT2D eigenvalue weighted by molar-refractivity contribution is 6.74. The summed E-state index contributed by atoms with van der Waals surface area (Å²) in [6.45, 7) is 17.1. The highest BCUT2D eigenvalue weighted by Crippen LogP contribution is 2.38. The Balaban J connectivity index is 1.92. The first kappa shape index (κ1) is 19.6. The Morgan fingerprint density at radius 2 is 1.88 bits per heavy atom. The second-order valence-corrected chi connectivity index (χ2v) is 13.6. The minimum atomic E-state index is -1.66. The van der Waals surface area contributed by atoms with Crippen LogP contribution in [0.2, 0.25) is 18.1 Å². The van der Waals surface area contributed by atoms with Gasteiger partial charge in [-0.15, -0.1) is 0 Å². The Morgan fingerprint density at radius 1 is 1.25 bits per heavy atom. The molecule has 0 spiro atoms. The predicted octanol–water partition coefficient (Wildman–Crippen LogP) is 4.35. The molecule has 4 heteroatoms. The third kappa shape index (κ3) is 4.91. The molecule has 0 unspecified atom stereocenters. The van der Waals surface area contributed by atoms with E-state index >= 15 is 0 Å². The molecule has 24 heavy (non-hydrogen) atoms. The fourth-order valence-electron chi connectivity index (χ4n) is 3.07. The monoisotopic (exact) mass is 348 g/mol. The van der Waals surface area contributed by atoms with Crippen LogP contribution in [0.15, 0.2) is 24.3 Å². The van der Waals surface area contributed by atoms with E-state index in [1.807, 2.05) is 0 Å². The molecule has 3 nitrogen and oxygen atoms in total. The molecule has 0 amide bonds. The molecule has 1 aromatic carbocycles. The maximum absolute atomic E-state index is 6.61. The number of hydrogen-bond acceptors (Lipinski definition) is 3. The first-order chi connectivity index (χ1) is 11.1. The Labute approximate surface area is 149 Å². The molecule has 1 N–H and O–H groups in total. The summed E-state index contributed by atoms with van der Waals surface area (Å²) in [6.07, 6.45) is 1.57. The fourth-order valence-corrected chi connectivity index (χ4v) is 4.45. The van der Waals surface area contributed by atoms with E-state index < -0.39 is 8.32 Å². The Hall–Kier alpha value is -0.683. The lowest BCUT2D eigenvalue weighted by molar-refractivity contribution is 0.177. The molecule has 0 bridgehead atoms. The molecule has 1 aliphatic rings. The Morgan fingerprint density at radius 3 is 2.42 bits per heavy atom. The van der Waals surface area contributed by atoms with Gasteiger partial charge in [0.15, 0.2) is 8.32 Å². The van der Waals surface area contributed by atoms with Crippen molar-refractivity contribution in [3.05, 3.63) is 35.4 Å². The second-order valence-electron chi connectivity index (χ2n) is 8.80. The average molecular weight is 349 g/mol. The molecule has 0 aromatic heterocycles. The summed E-state index contributed by atoms with van der Waals surface area (Å²) in [4.78, 5) is 2.55. The van der Waals surface area contributed by atoms with Crippen LogP contribution >= 0.6 is 0 Å². The van der Waals surface area contributed by atoms with Crippen molar-refractivity contribution in [2.24, 2.45) is 0 Å². The number of likely N-dealkylation sites (tertiary alicyclic amines) is 1. The van der Waals surface area contributed by atoms with E-state index in [-0.39, 0.29) is 5.04 Å². The van der Waals surface area contributed by atoms with Crippen molar-refractivity contribution >= 4 is 8.32 Å². The molecule has 2 rings (SSSR count). The van der Waals surface area contributed by atoms with E-state index in [0.717, 1.165) is 26.1 Å². The Bertz CT molecular complexity index is 521. The van der Waals surface area contributed by atoms with Crippen LogP contribution in [0, 0.1) is 6.92 Å². The lowest BCUT2D eigenvalue weighted by Crippen LogP contribution is -2.44. The van der Waals surface area contributed by atoms with E-state index in [2.05, 4.69) is 82.3 Å². The molecule has 136 valence electrons. The van der Waals surface area contributed by atoms with Crippen LogP contribution in [0.3, 0.4) is 0 Å². The number of likely N-dealkylation sites (N-methyl/N-ethyl adjacent to an activating group) is 1. The molecule has 1 fully saturated rings. The van der Waals surface area contributed by atoms with Crippen molar-refractivity contribution in [2.45, 2.75) is 64.4 Å². The molecule has 0 radical (unpaired) electrons. The van der Waals surface area contributed by atoms with Crippen molar-refractivity contribution < 1.29 is 4.43 Å². The molecular formula is C20H36N2OSi. The fraction of sp³-hybridized carbons (Fsp3) is 0.700. The summed E-state index contributed by atoms with van der Waals surface area (Å²) in [5.74, 6) is 0. The number of nitrogens with one attached hydrogen (secondary N) is 1. The molecule has 1 aliphatic heterocycles. The van der Waals surface area contributed by atoms with E-state index in [9.17, 15) is 0 Å². The lowest BCUT2D eigenvalue weighted by Gasteiger charge is -2.38. The second kappa shape index (κ2) is 7.69. The van der Waals surface area contributed by atoms with Crippen molar-refractivity contribution in [2.75, 3.05) is 26.7 Å². The highest BCUT2D eigenvalue weighted by Gasteiger charge is 2.40. The van der Waals surface area contributed by atoms with Gasteiger partial charge in [-0.3, -0.25) is 4.90 Å². The zero-order valence-corrected chi connectivity index (χ0v) is 17.6. The van der Waals surface area contributed by atoms with Crippen molar-refractivity contribution in [1.29, 1.82) is 0 Å².